The van der Waals surface area contributed by atoms with Gasteiger partial charge in [-0.3, -0.25) is 4.79 Å². The highest BCUT2D eigenvalue weighted by Crippen LogP contribution is 2.43. The number of imidazole rings is 1. The van der Waals surface area contributed by atoms with Gasteiger partial charge in [0.1, 0.15) is 5.82 Å². The molecule has 2 aromatic heterocycles. The molecule has 7 heteroatoms. The maximum Gasteiger partial charge on any atom is 0.229 e. The third-order valence-electron chi connectivity index (χ3n) is 5.20. The number of hydrogen-bond acceptors (Lipinski definition) is 4. The summed E-state index contributed by atoms with van der Waals surface area (Å²) in [5, 5.41) is 2.04. The van der Waals surface area contributed by atoms with Crippen molar-refractivity contribution in [2.45, 2.75) is 25.2 Å². The van der Waals surface area contributed by atoms with Crippen LogP contribution in [0.15, 0.2) is 48.1 Å². The van der Waals surface area contributed by atoms with Crippen LogP contribution in [0.3, 0.4) is 0 Å². The van der Waals surface area contributed by atoms with Crippen LogP contribution < -0.4 is 5.73 Å². The second kappa shape index (κ2) is 7.84. The summed E-state index contributed by atoms with van der Waals surface area (Å²) >= 11 is 1.61. The van der Waals surface area contributed by atoms with Crippen LogP contribution in [0.1, 0.15) is 23.5 Å². The average Bonchev–Trinajstić information content (AvgIpc) is 3.31. The highest BCUT2D eigenvalue weighted by Gasteiger charge is 2.42. The number of rotatable bonds is 4. The monoisotopic (exact) mass is 403 g/mol. The number of carbonyl (C=O) groups excluding carboxylic acids is 1. The van der Waals surface area contributed by atoms with Crippen LogP contribution in [-0.2, 0) is 14.9 Å². The van der Waals surface area contributed by atoms with Gasteiger partial charge in [0.05, 0.1) is 5.41 Å². The Balaban J connectivity index is 0.00000210. The molecule has 0 unspecified atom stereocenters. The van der Waals surface area contributed by atoms with E-state index >= 15 is 0 Å². The second-order valence-corrected chi connectivity index (χ2v) is 7.53. The summed E-state index contributed by atoms with van der Waals surface area (Å²) in [4.78, 5) is 17.7. The lowest BCUT2D eigenvalue weighted by Gasteiger charge is -2.34. The van der Waals surface area contributed by atoms with Gasteiger partial charge in [0.2, 0.25) is 5.91 Å². The fourth-order valence-corrected chi connectivity index (χ4v) is 4.85. The molecule has 1 aliphatic heterocycles. The van der Waals surface area contributed by atoms with Gasteiger partial charge in [0, 0.05) is 36.2 Å². The highest BCUT2D eigenvalue weighted by atomic mass is 35.5. The maximum atomic E-state index is 12.4. The fourth-order valence-electron chi connectivity index (χ4n) is 3.66. The first-order valence-electron chi connectivity index (χ1n) is 8.68. The Labute approximate surface area is 168 Å². The molecule has 27 heavy (non-hydrogen) atoms. The minimum atomic E-state index is -0.624. The number of amides is 1. The highest BCUT2D eigenvalue weighted by molar-refractivity contribution is 7.10. The van der Waals surface area contributed by atoms with E-state index < -0.39 is 5.41 Å². The van der Waals surface area contributed by atoms with E-state index in [-0.39, 0.29) is 18.3 Å². The molecule has 0 saturated carbocycles. The fraction of sp³-hybridized carbons (Fsp3) is 0.300. The lowest BCUT2D eigenvalue weighted by atomic mass is 9.76. The van der Waals surface area contributed by atoms with E-state index in [2.05, 4.69) is 35.3 Å². The first kappa shape index (κ1) is 19.6. The number of aryl methyl sites for hydroxylation is 1. The van der Waals surface area contributed by atoms with Crippen molar-refractivity contribution in [3.8, 4) is 16.8 Å². The maximum absolute atomic E-state index is 12.4. The van der Waals surface area contributed by atoms with Gasteiger partial charge >= 0.3 is 0 Å². The van der Waals surface area contributed by atoms with Gasteiger partial charge in [0.15, 0.2) is 0 Å². The normalized spacial score (nSPS) is 15.9. The molecule has 0 radical (unpaired) electrons. The Morgan fingerprint density at radius 1 is 1.22 bits per heavy atom. The molecule has 0 spiro atoms. The van der Waals surface area contributed by atoms with Crippen LogP contribution in [0.4, 0.5) is 0 Å². The van der Waals surface area contributed by atoms with E-state index in [0.29, 0.717) is 26.1 Å². The summed E-state index contributed by atoms with van der Waals surface area (Å²) < 4.78 is 7.52. The molecule has 2 N–H and O–H groups in total. The molecule has 1 saturated heterocycles. The molecule has 0 aliphatic carbocycles. The number of nitrogens with zero attached hydrogens (tertiary/aromatic N) is 2. The third kappa shape index (κ3) is 3.40. The minimum absolute atomic E-state index is 0. The quantitative estimate of drug-likeness (QED) is 0.718. The second-order valence-electron chi connectivity index (χ2n) is 6.61. The van der Waals surface area contributed by atoms with E-state index in [1.807, 2.05) is 23.1 Å². The van der Waals surface area contributed by atoms with Crippen molar-refractivity contribution in [3.05, 3.63) is 58.8 Å². The van der Waals surface area contributed by atoms with Gasteiger partial charge in [-0.15, -0.1) is 23.7 Å². The minimum Gasteiger partial charge on any atom is -0.381 e. The van der Waals surface area contributed by atoms with Gasteiger partial charge in [0.25, 0.3) is 0 Å². The Hall–Kier alpha value is -2.15. The lowest BCUT2D eigenvalue weighted by molar-refractivity contribution is -0.126. The summed E-state index contributed by atoms with van der Waals surface area (Å²) in [5.41, 5.74) is 8.47. The number of halogens is 1. The van der Waals surface area contributed by atoms with Gasteiger partial charge in [-0.25, -0.2) is 4.98 Å². The predicted octanol–water partition coefficient (Wildman–Crippen LogP) is 3.86. The third-order valence-corrected chi connectivity index (χ3v) is 6.32. The number of primary amides is 1. The van der Waals surface area contributed by atoms with Crippen molar-refractivity contribution in [2.75, 3.05) is 13.2 Å². The van der Waals surface area contributed by atoms with Crippen molar-refractivity contribution < 1.29 is 9.53 Å². The number of hydrogen-bond donors (Lipinski definition) is 1. The smallest absolute Gasteiger partial charge is 0.229 e. The topological polar surface area (TPSA) is 70.1 Å². The molecule has 3 aromatic rings. The van der Waals surface area contributed by atoms with Crippen LogP contribution in [0.5, 0.6) is 0 Å². The first-order chi connectivity index (χ1) is 12.6. The van der Waals surface area contributed by atoms with Crippen LogP contribution in [-0.4, -0.2) is 28.7 Å². The van der Waals surface area contributed by atoms with Gasteiger partial charge in [-0.2, -0.15) is 0 Å². The molecule has 3 heterocycles. The van der Waals surface area contributed by atoms with Crippen molar-refractivity contribution in [2.24, 2.45) is 5.73 Å². The summed E-state index contributed by atoms with van der Waals surface area (Å²) in [6.07, 6.45) is 5.02. The summed E-state index contributed by atoms with van der Waals surface area (Å²) in [6, 6.07) is 10.4. The Bertz CT molecular complexity index is 927. The molecule has 1 aromatic carbocycles. The average molecular weight is 404 g/mol. The zero-order valence-corrected chi connectivity index (χ0v) is 16.7. The SMILES string of the molecule is Cc1nccn1-c1ccc(-c2ccsc2C2(C(N)=O)CCOCC2)cc1.Cl. The van der Waals surface area contributed by atoms with E-state index in [1.165, 1.54) is 0 Å². The molecule has 1 amide bonds. The van der Waals surface area contributed by atoms with E-state index in [1.54, 1.807) is 17.5 Å². The molecule has 5 nitrogen and oxygen atoms in total. The Morgan fingerprint density at radius 3 is 2.52 bits per heavy atom. The van der Waals surface area contributed by atoms with Crippen LogP contribution in [0, 0.1) is 6.92 Å². The van der Waals surface area contributed by atoms with Crippen molar-refractivity contribution in [1.82, 2.24) is 9.55 Å². The van der Waals surface area contributed by atoms with E-state index in [0.717, 1.165) is 27.5 Å². The van der Waals surface area contributed by atoms with Crippen molar-refractivity contribution in [3.63, 3.8) is 0 Å². The summed E-state index contributed by atoms with van der Waals surface area (Å²) in [6.45, 7) is 3.12. The molecule has 4 rings (SSSR count). The Kier molecular flexibility index (Phi) is 5.69. The first-order valence-corrected chi connectivity index (χ1v) is 9.56. The standard InChI is InChI=1S/C20H21N3O2S.ClH/c1-14-22-9-10-23(14)16-4-2-15(3-5-16)17-6-13-26-18(17)20(19(21)24)7-11-25-12-8-20;/h2-6,9-10,13H,7-8,11-12H2,1H3,(H2,21,24);1H. The van der Waals surface area contributed by atoms with E-state index in [9.17, 15) is 4.79 Å². The van der Waals surface area contributed by atoms with Gasteiger partial charge in [-0.05, 0) is 54.5 Å². The molecule has 0 atom stereocenters. The zero-order valence-electron chi connectivity index (χ0n) is 15.1. The predicted molar refractivity (Wildman–Crippen MR) is 110 cm³/mol. The molecular formula is C20H22ClN3O2S. The lowest BCUT2D eigenvalue weighted by Crippen LogP contribution is -2.45. The molecular weight excluding hydrogens is 382 g/mol. The molecule has 1 fully saturated rings. The Morgan fingerprint density at radius 2 is 1.93 bits per heavy atom. The van der Waals surface area contributed by atoms with Crippen molar-refractivity contribution >= 4 is 29.7 Å². The molecule has 1 aliphatic rings. The van der Waals surface area contributed by atoms with Gasteiger partial charge < -0.3 is 15.0 Å². The van der Waals surface area contributed by atoms with Crippen LogP contribution in [0.25, 0.3) is 16.8 Å². The summed E-state index contributed by atoms with van der Waals surface area (Å²) in [7, 11) is 0. The summed E-state index contributed by atoms with van der Waals surface area (Å²) in [5.74, 6) is 0.694. The largest absolute Gasteiger partial charge is 0.381 e. The zero-order chi connectivity index (χ0) is 18.1. The number of nitrogens with two attached hydrogens (primary N) is 1. The van der Waals surface area contributed by atoms with Crippen LogP contribution in [0.2, 0.25) is 0 Å². The van der Waals surface area contributed by atoms with Crippen molar-refractivity contribution in [1.29, 1.82) is 0 Å². The van der Waals surface area contributed by atoms with Crippen LogP contribution >= 0.6 is 23.7 Å². The molecule has 142 valence electrons. The number of aromatic nitrogens is 2. The number of benzene rings is 1. The number of ether oxygens (including phenoxy) is 1. The number of carbonyl (C=O) groups is 1. The number of thiophene rings is 1. The van der Waals surface area contributed by atoms with E-state index in [4.69, 9.17) is 10.5 Å². The molecule has 0 bridgehead atoms. The van der Waals surface area contributed by atoms with Gasteiger partial charge in [-0.1, -0.05) is 12.1 Å².